The van der Waals surface area contributed by atoms with Crippen molar-refractivity contribution < 1.29 is 19.4 Å². The summed E-state index contributed by atoms with van der Waals surface area (Å²) < 4.78 is 4.61. The number of ether oxygens (including phenoxy) is 1. The van der Waals surface area contributed by atoms with Crippen molar-refractivity contribution in [1.29, 1.82) is 0 Å². The lowest BCUT2D eigenvalue weighted by Crippen LogP contribution is -2.35. The van der Waals surface area contributed by atoms with Gasteiger partial charge in [0, 0.05) is 17.8 Å². The van der Waals surface area contributed by atoms with Crippen LogP contribution in [0.5, 0.6) is 0 Å². The summed E-state index contributed by atoms with van der Waals surface area (Å²) in [7, 11) is 1.32. The third-order valence-corrected chi connectivity index (χ3v) is 3.49. The molecule has 0 fully saturated rings. The van der Waals surface area contributed by atoms with Gasteiger partial charge in [0.25, 0.3) is 0 Å². The Morgan fingerprint density at radius 1 is 1.56 bits per heavy atom. The maximum Gasteiger partial charge on any atom is 0.409 e. The van der Waals surface area contributed by atoms with Crippen molar-refractivity contribution >= 4 is 23.4 Å². The number of carbonyl (C=O) groups is 2. The highest BCUT2D eigenvalue weighted by molar-refractivity contribution is 7.13. The molecule has 0 bridgehead atoms. The van der Waals surface area contributed by atoms with Crippen LogP contribution in [0.1, 0.15) is 20.4 Å². The van der Waals surface area contributed by atoms with Crippen molar-refractivity contribution in [3.05, 3.63) is 15.6 Å². The number of carbonyl (C=O) groups excluding carboxylic acids is 1. The van der Waals surface area contributed by atoms with Crippen LogP contribution >= 0.6 is 11.3 Å². The summed E-state index contributed by atoms with van der Waals surface area (Å²) >= 11 is 1.18. The molecule has 0 saturated heterocycles. The van der Waals surface area contributed by atoms with Gasteiger partial charge >= 0.3 is 12.1 Å². The van der Waals surface area contributed by atoms with E-state index in [9.17, 15) is 9.59 Å². The smallest absolute Gasteiger partial charge is 0.409 e. The van der Waals surface area contributed by atoms with Crippen LogP contribution in [0.25, 0.3) is 0 Å². The van der Waals surface area contributed by atoms with E-state index in [0.717, 1.165) is 4.88 Å². The van der Waals surface area contributed by atoms with Gasteiger partial charge in [-0.15, -0.1) is 11.3 Å². The molecule has 0 spiro atoms. The van der Waals surface area contributed by atoms with Crippen molar-refractivity contribution in [3.8, 4) is 0 Å². The highest BCUT2D eigenvalue weighted by Gasteiger charge is 2.25. The molecular formula is C9H10N2O4S. The molecule has 7 heteroatoms. The van der Waals surface area contributed by atoms with Crippen molar-refractivity contribution in [2.75, 3.05) is 13.7 Å². The molecule has 1 N–H and O–H groups in total. The summed E-state index contributed by atoms with van der Waals surface area (Å²) in [4.78, 5) is 28.4. The van der Waals surface area contributed by atoms with Crippen molar-refractivity contribution in [2.45, 2.75) is 13.0 Å². The minimum absolute atomic E-state index is 0.0803. The third kappa shape index (κ3) is 1.85. The van der Waals surface area contributed by atoms with Crippen LogP contribution in [0, 0.1) is 0 Å². The zero-order valence-electron chi connectivity index (χ0n) is 8.60. The molecule has 0 unspecified atom stereocenters. The van der Waals surface area contributed by atoms with Crippen molar-refractivity contribution in [2.24, 2.45) is 0 Å². The first-order chi connectivity index (χ1) is 7.61. The first-order valence-corrected chi connectivity index (χ1v) is 5.48. The molecular weight excluding hydrogens is 232 g/mol. The van der Waals surface area contributed by atoms with E-state index in [1.54, 1.807) is 0 Å². The molecule has 1 aromatic rings. The van der Waals surface area contributed by atoms with E-state index < -0.39 is 12.1 Å². The third-order valence-electron chi connectivity index (χ3n) is 2.34. The average molecular weight is 242 g/mol. The lowest BCUT2D eigenvalue weighted by Gasteiger charge is -2.24. The van der Waals surface area contributed by atoms with Gasteiger partial charge in [-0.3, -0.25) is 0 Å². The Morgan fingerprint density at radius 3 is 2.94 bits per heavy atom. The SMILES string of the molecule is COC(=O)N1CCc2sc(C(=O)O)nc2C1. The summed E-state index contributed by atoms with van der Waals surface area (Å²) in [5, 5.41) is 8.88. The van der Waals surface area contributed by atoms with E-state index >= 15 is 0 Å². The zero-order valence-corrected chi connectivity index (χ0v) is 9.41. The highest BCUT2D eigenvalue weighted by atomic mass is 32.1. The van der Waals surface area contributed by atoms with Crippen LogP contribution in [0.4, 0.5) is 4.79 Å². The van der Waals surface area contributed by atoms with Crippen molar-refractivity contribution in [1.82, 2.24) is 9.88 Å². The summed E-state index contributed by atoms with van der Waals surface area (Å²) in [6.07, 6.45) is 0.227. The number of carboxylic acids is 1. The Balaban J connectivity index is 2.20. The average Bonchev–Trinajstić information content (AvgIpc) is 2.70. The van der Waals surface area contributed by atoms with Crippen LogP contribution < -0.4 is 0 Å². The van der Waals surface area contributed by atoms with E-state index in [0.29, 0.717) is 25.2 Å². The van der Waals surface area contributed by atoms with Gasteiger partial charge in [-0.05, 0) is 0 Å². The van der Waals surface area contributed by atoms with Crippen molar-refractivity contribution in [3.63, 3.8) is 0 Å². The molecule has 0 saturated carbocycles. The number of methoxy groups -OCH3 is 1. The van der Waals surface area contributed by atoms with E-state index in [2.05, 4.69) is 9.72 Å². The van der Waals surface area contributed by atoms with E-state index in [4.69, 9.17) is 5.11 Å². The fourth-order valence-electron chi connectivity index (χ4n) is 1.57. The van der Waals surface area contributed by atoms with Crippen LogP contribution in [0.15, 0.2) is 0 Å². The Hall–Kier alpha value is -1.63. The first kappa shape index (κ1) is 10.9. The van der Waals surface area contributed by atoms with E-state index in [1.165, 1.54) is 23.3 Å². The second-order valence-electron chi connectivity index (χ2n) is 3.34. The van der Waals surface area contributed by atoms with Crippen LogP contribution in [0.2, 0.25) is 0 Å². The van der Waals surface area contributed by atoms with Gasteiger partial charge in [-0.1, -0.05) is 0 Å². The zero-order chi connectivity index (χ0) is 11.7. The first-order valence-electron chi connectivity index (χ1n) is 4.66. The normalized spacial score (nSPS) is 14.4. The fraction of sp³-hybridized carbons (Fsp3) is 0.444. The fourth-order valence-corrected chi connectivity index (χ4v) is 2.47. The Morgan fingerprint density at radius 2 is 2.31 bits per heavy atom. The van der Waals surface area contributed by atoms with Crippen LogP contribution in [0.3, 0.4) is 0 Å². The Kier molecular flexibility index (Phi) is 2.78. The van der Waals surface area contributed by atoms with E-state index in [-0.39, 0.29) is 5.01 Å². The predicted molar refractivity (Wildman–Crippen MR) is 55.6 cm³/mol. The van der Waals surface area contributed by atoms with Crippen LogP contribution in [-0.2, 0) is 17.7 Å². The van der Waals surface area contributed by atoms with Gasteiger partial charge in [0.1, 0.15) is 0 Å². The molecule has 0 radical (unpaired) electrons. The van der Waals surface area contributed by atoms with E-state index in [1.807, 2.05) is 0 Å². The molecule has 1 amide bonds. The molecule has 86 valence electrons. The second-order valence-corrected chi connectivity index (χ2v) is 4.42. The number of aromatic carboxylic acids is 1. The largest absolute Gasteiger partial charge is 0.476 e. The maximum atomic E-state index is 11.3. The number of amides is 1. The van der Waals surface area contributed by atoms with Crippen LogP contribution in [-0.4, -0.2) is 40.7 Å². The summed E-state index contributed by atoms with van der Waals surface area (Å²) in [6.45, 7) is 0.868. The number of carboxylic acid groups (broad SMARTS) is 1. The monoisotopic (exact) mass is 242 g/mol. The standard InChI is InChI=1S/C9H10N2O4S/c1-15-9(14)11-3-2-6-5(4-11)10-7(16-6)8(12)13/h2-4H2,1H3,(H,12,13). The minimum Gasteiger partial charge on any atom is -0.476 e. The molecule has 0 aliphatic carbocycles. The van der Waals surface area contributed by atoms with Gasteiger partial charge < -0.3 is 14.7 Å². The number of nitrogens with zero attached hydrogens (tertiary/aromatic N) is 2. The summed E-state index contributed by atoms with van der Waals surface area (Å²) in [6, 6.07) is 0. The Bertz CT molecular complexity index is 443. The molecule has 2 heterocycles. The van der Waals surface area contributed by atoms with Gasteiger partial charge in [-0.2, -0.15) is 0 Å². The summed E-state index contributed by atoms with van der Waals surface area (Å²) in [5.41, 5.74) is 0.666. The second kappa shape index (κ2) is 4.09. The number of hydrogen-bond donors (Lipinski definition) is 1. The van der Waals surface area contributed by atoms with Gasteiger partial charge in [-0.25, -0.2) is 14.6 Å². The molecule has 6 nitrogen and oxygen atoms in total. The molecule has 1 aromatic heterocycles. The lowest BCUT2D eigenvalue weighted by atomic mass is 10.2. The van der Waals surface area contributed by atoms with Gasteiger partial charge in [0.05, 0.1) is 19.3 Å². The summed E-state index contributed by atoms with van der Waals surface area (Å²) in [5.74, 6) is -1.02. The lowest BCUT2D eigenvalue weighted by molar-refractivity contribution is 0.0696. The number of aromatic nitrogens is 1. The Labute approximate surface area is 95.5 Å². The maximum absolute atomic E-state index is 11.3. The number of hydrogen-bond acceptors (Lipinski definition) is 5. The number of rotatable bonds is 1. The quantitative estimate of drug-likeness (QED) is 0.793. The number of fused-ring (bicyclic) bond motifs is 1. The van der Waals surface area contributed by atoms with Gasteiger partial charge in [0.2, 0.25) is 5.01 Å². The predicted octanol–water partition coefficient (Wildman–Crippen LogP) is 0.966. The highest BCUT2D eigenvalue weighted by Crippen LogP contribution is 2.25. The number of thiazole rings is 1. The topological polar surface area (TPSA) is 79.7 Å². The molecule has 0 aromatic carbocycles. The van der Waals surface area contributed by atoms with Gasteiger partial charge in [0.15, 0.2) is 0 Å². The molecule has 1 aliphatic heterocycles. The minimum atomic E-state index is -1.02. The molecule has 2 rings (SSSR count). The molecule has 16 heavy (non-hydrogen) atoms. The molecule has 0 atom stereocenters. The molecule has 1 aliphatic rings.